The minimum Gasteiger partial charge on any atom is -0.264 e. The van der Waals surface area contributed by atoms with E-state index in [-0.39, 0.29) is 0 Å². The zero-order valence-corrected chi connectivity index (χ0v) is 12.8. The van der Waals surface area contributed by atoms with Crippen LogP contribution in [-0.2, 0) is 0 Å². The predicted octanol–water partition coefficient (Wildman–Crippen LogP) is 4.12. The first kappa shape index (κ1) is 13.1. The molecule has 0 unspecified atom stereocenters. The van der Waals surface area contributed by atoms with Gasteiger partial charge in [0.2, 0.25) is 0 Å². The van der Waals surface area contributed by atoms with Crippen LogP contribution in [0.2, 0.25) is 0 Å². The molecule has 3 nitrogen and oxygen atoms in total. The summed E-state index contributed by atoms with van der Waals surface area (Å²) in [6, 6.07) is 10.1. The Kier molecular flexibility index (Phi) is 3.71. The fourth-order valence-electron chi connectivity index (χ4n) is 1.93. The van der Waals surface area contributed by atoms with Crippen molar-refractivity contribution < 1.29 is 0 Å². The van der Waals surface area contributed by atoms with Crippen molar-refractivity contribution in [2.75, 3.05) is 0 Å². The largest absolute Gasteiger partial charge is 0.264 e. The molecule has 0 amide bonds. The first-order chi connectivity index (χ1) is 9.70. The normalized spacial score (nSPS) is 11.8. The van der Waals surface area contributed by atoms with E-state index in [9.17, 15) is 0 Å². The lowest BCUT2D eigenvalue weighted by Gasteiger charge is -1.97. The molecule has 3 rings (SSSR count). The second kappa shape index (κ2) is 5.64. The van der Waals surface area contributed by atoms with Crippen LogP contribution in [0, 0.1) is 13.8 Å². The number of rotatable bonds is 2. The quantitative estimate of drug-likeness (QED) is 0.668. The summed E-state index contributed by atoms with van der Waals surface area (Å²) in [6.07, 6.45) is 3.66. The van der Waals surface area contributed by atoms with Gasteiger partial charge in [0.05, 0.1) is 0 Å². The molecule has 3 heterocycles. The molecule has 0 aliphatic heterocycles. The molecule has 0 spiro atoms. The standard InChI is InChI=1S/C15H13N3S2/c1-10-6-11(2)17-14(7-10)18-15-8-13(19-20-15)12-4-3-5-16-9-12/h3-9H,1-2H3/b18-15+. The maximum atomic E-state index is 4.61. The number of hydrogen-bond acceptors (Lipinski definition) is 5. The van der Waals surface area contributed by atoms with Crippen molar-refractivity contribution in [2.24, 2.45) is 4.99 Å². The zero-order valence-electron chi connectivity index (χ0n) is 11.2. The number of hydrogen-bond donors (Lipinski definition) is 0. The second-order valence-corrected chi connectivity index (χ2v) is 6.70. The third-order valence-corrected chi connectivity index (χ3v) is 5.02. The van der Waals surface area contributed by atoms with Crippen molar-refractivity contribution in [1.82, 2.24) is 9.97 Å². The van der Waals surface area contributed by atoms with Gasteiger partial charge in [-0.05, 0) is 43.7 Å². The topological polar surface area (TPSA) is 38.1 Å². The van der Waals surface area contributed by atoms with Crippen LogP contribution in [0.25, 0.3) is 10.4 Å². The maximum absolute atomic E-state index is 4.61. The van der Waals surface area contributed by atoms with Gasteiger partial charge in [-0.2, -0.15) is 0 Å². The fourth-order valence-corrected chi connectivity index (χ4v) is 4.07. The maximum Gasteiger partial charge on any atom is 0.154 e. The van der Waals surface area contributed by atoms with Crippen LogP contribution in [0.4, 0.5) is 5.82 Å². The molecule has 0 aliphatic carbocycles. The van der Waals surface area contributed by atoms with Crippen molar-refractivity contribution in [3.63, 3.8) is 0 Å². The van der Waals surface area contributed by atoms with E-state index >= 15 is 0 Å². The molecule has 5 heteroatoms. The van der Waals surface area contributed by atoms with Gasteiger partial charge in [-0.3, -0.25) is 4.98 Å². The summed E-state index contributed by atoms with van der Waals surface area (Å²) < 4.78 is 0.978. The Morgan fingerprint density at radius 3 is 2.75 bits per heavy atom. The van der Waals surface area contributed by atoms with Crippen LogP contribution < -0.4 is 4.67 Å². The zero-order chi connectivity index (χ0) is 13.9. The molecule has 0 saturated heterocycles. The van der Waals surface area contributed by atoms with E-state index < -0.39 is 0 Å². The molecule has 0 N–H and O–H groups in total. The van der Waals surface area contributed by atoms with Crippen molar-refractivity contribution >= 4 is 26.5 Å². The van der Waals surface area contributed by atoms with Crippen LogP contribution >= 0.6 is 20.7 Å². The number of aryl methyl sites for hydroxylation is 2. The summed E-state index contributed by atoms with van der Waals surface area (Å²) in [6.45, 7) is 4.05. The molecule has 0 atom stereocenters. The highest BCUT2D eigenvalue weighted by molar-refractivity contribution is 7.69. The Morgan fingerprint density at radius 2 is 2.00 bits per heavy atom. The van der Waals surface area contributed by atoms with E-state index in [1.165, 1.54) is 10.4 Å². The molecule has 0 fully saturated rings. The van der Waals surface area contributed by atoms with Crippen LogP contribution in [0.15, 0.2) is 47.7 Å². The number of aromatic nitrogens is 2. The average molecular weight is 299 g/mol. The average Bonchev–Trinajstić information content (AvgIpc) is 2.87. The highest BCUT2D eigenvalue weighted by Crippen LogP contribution is 2.24. The van der Waals surface area contributed by atoms with Crippen molar-refractivity contribution in [3.8, 4) is 10.4 Å². The summed E-state index contributed by atoms with van der Waals surface area (Å²) in [7, 11) is 3.37. The van der Waals surface area contributed by atoms with E-state index in [0.29, 0.717) is 0 Å². The van der Waals surface area contributed by atoms with Gasteiger partial charge in [-0.25, -0.2) is 9.98 Å². The third-order valence-electron chi connectivity index (χ3n) is 2.73. The molecule has 0 aliphatic rings. The van der Waals surface area contributed by atoms with Crippen LogP contribution in [0.5, 0.6) is 0 Å². The Hall–Kier alpha value is -1.85. The molecular weight excluding hydrogens is 286 g/mol. The van der Waals surface area contributed by atoms with E-state index in [2.05, 4.69) is 40.1 Å². The lowest BCUT2D eigenvalue weighted by atomic mass is 10.2. The van der Waals surface area contributed by atoms with Crippen molar-refractivity contribution in [3.05, 3.63) is 58.7 Å². The van der Waals surface area contributed by atoms with E-state index in [4.69, 9.17) is 0 Å². The van der Waals surface area contributed by atoms with Gasteiger partial charge in [-0.15, -0.1) is 0 Å². The highest BCUT2D eigenvalue weighted by atomic mass is 32.9. The third kappa shape index (κ3) is 3.00. The van der Waals surface area contributed by atoms with Gasteiger partial charge in [0.15, 0.2) is 5.82 Å². The molecule has 0 radical (unpaired) electrons. The number of nitrogens with zero attached hydrogens (tertiary/aromatic N) is 3. The lowest BCUT2D eigenvalue weighted by Crippen LogP contribution is -1.91. The van der Waals surface area contributed by atoms with E-state index in [1.807, 2.05) is 25.3 Å². The number of pyridine rings is 2. The SMILES string of the molecule is Cc1cc(C)nc(/N=c2\cc(-c3cccnc3)ss2)c1. The fraction of sp³-hybridized carbons (Fsp3) is 0.133. The Morgan fingerprint density at radius 1 is 1.10 bits per heavy atom. The van der Waals surface area contributed by atoms with Gasteiger partial charge in [0.25, 0.3) is 0 Å². The summed E-state index contributed by atoms with van der Waals surface area (Å²) in [5.74, 6) is 0.772. The smallest absolute Gasteiger partial charge is 0.154 e. The Bertz CT molecular complexity index is 768. The minimum atomic E-state index is 0.772. The second-order valence-electron chi connectivity index (χ2n) is 4.51. The molecule has 0 aromatic carbocycles. The van der Waals surface area contributed by atoms with E-state index in [0.717, 1.165) is 21.7 Å². The lowest BCUT2D eigenvalue weighted by molar-refractivity contribution is 1.14. The molecule has 100 valence electrons. The van der Waals surface area contributed by atoms with Gasteiger partial charge in [0.1, 0.15) is 4.67 Å². The molecule has 3 aromatic rings. The Balaban J connectivity index is 1.99. The van der Waals surface area contributed by atoms with Crippen LogP contribution in [-0.4, -0.2) is 9.97 Å². The van der Waals surface area contributed by atoms with Crippen molar-refractivity contribution in [2.45, 2.75) is 13.8 Å². The molecule has 20 heavy (non-hydrogen) atoms. The van der Waals surface area contributed by atoms with Gasteiger partial charge >= 0.3 is 0 Å². The molecule has 0 saturated carbocycles. The van der Waals surface area contributed by atoms with Gasteiger partial charge in [0, 0.05) is 28.5 Å². The first-order valence-corrected chi connectivity index (χ1v) is 8.36. The summed E-state index contributed by atoms with van der Waals surface area (Å²) in [5, 5.41) is 0. The monoisotopic (exact) mass is 299 g/mol. The van der Waals surface area contributed by atoms with Crippen LogP contribution in [0.1, 0.15) is 11.3 Å². The minimum absolute atomic E-state index is 0.772. The molecular formula is C15H13N3S2. The summed E-state index contributed by atoms with van der Waals surface area (Å²) in [4.78, 5) is 14.4. The van der Waals surface area contributed by atoms with Crippen LogP contribution in [0.3, 0.4) is 0 Å². The molecule has 3 aromatic heterocycles. The first-order valence-electron chi connectivity index (χ1n) is 6.21. The predicted molar refractivity (Wildman–Crippen MR) is 84.4 cm³/mol. The van der Waals surface area contributed by atoms with E-state index in [1.54, 1.807) is 26.9 Å². The summed E-state index contributed by atoms with van der Waals surface area (Å²) >= 11 is 0. The van der Waals surface area contributed by atoms with Gasteiger partial charge < -0.3 is 0 Å². The highest BCUT2D eigenvalue weighted by Gasteiger charge is 2.01. The van der Waals surface area contributed by atoms with Crippen molar-refractivity contribution in [1.29, 1.82) is 0 Å². The summed E-state index contributed by atoms with van der Waals surface area (Å²) in [5.41, 5.74) is 3.31. The van der Waals surface area contributed by atoms with Gasteiger partial charge in [-0.1, -0.05) is 26.7 Å². The molecule has 0 bridgehead atoms. The Labute approximate surface area is 124 Å².